The standard InChI is InChI=1S/C31H26Cl2N4O3S/c32-23-18-22(19-24(33)20-23)28-12-10-25(40-28)11-13-29(38)35-31(41)34-26-8-4-5-9-27(26)36-14-16-37(17-15-36)30(39)21-6-2-1-3-7-21/h1-13,18-20H,14-17H2,(H2,34,35,38,41)/b13-11+. The van der Waals surface area contributed by atoms with Gasteiger partial charge in [0.05, 0.1) is 11.4 Å². The van der Waals surface area contributed by atoms with Crippen molar-refractivity contribution in [1.29, 1.82) is 0 Å². The molecular formula is C31H26Cl2N4O3S. The van der Waals surface area contributed by atoms with Gasteiger partial charge in [0, 0.05) is 53.4 Å². The molecule has 1 saturated heterocycles. The van der Waals surface area contributed by atoms with Crippen molar-refractivity contribution < 1.29 is 14.0 Å². The smallest absolute Gasteiger partial charge is 0.253 e. The maximum absolute atomic E-state index is 12.8. The van der Waals surface area contributed by atoms with E-state index in [1.54, 1.807) is 36.4 Å². The Morgan fingerprint density at radius 1 is 0.854 bits per heavy atom. The molecule has 1 fully saturated rings. The van der Waals surface area contributed by atoms with Crippen LogP contribution in [0, 0.1) is 0 Å². The molecule has 2 heterocycles. The number of para-hydroxylation sites is 2. The summed E-state index contributed by atoms with van der Waals surface area (Å²) in [5, 5.41) is 6.97. The number of nitrogens with zero attached hydrogens (tertiary/aromatic N) is 2. The number of piperazine rings is 1. The molecule has 1 aliphatic rings. The Balaban J connectivity index is 1.16. The number of halogens is 2. The van der Waals surface area contributed by atoms with Gasteiger partial charge < -0.3 is 19.5 Å². The molecule has 0 radical (unpaired) electrons. The summed E-state index contributed by atoms with van der Waals surface area (Å²) < 4.78 is 5.80. The highest BCUT2D eigenvalue weighted by molar-refractivity contribution is 7.80. The van der Waals surface area contributed by atoms with E-state index in [2.05, 4.69) is 15.5 Å². The zero-order chi connectivity index (χ0) is 28.8. The van der Waals surface area contributed by atoms with Crippen molar-refractivity contribution >= 4 is 69.8 Å². The lowest BCUT2D eigenvalue weighted by Crippen LogP contribution is -2.49. The number of benzene rings is 3. The summed E-state index contributed by atoms with van der Waals surface area (Å²) in [6, 6.07) is 25.7. The predicted molar refractivity (Wildman–Crippen MR) is 169 cm³/mol. The Kier molecular flexibility index (Phi) is 9.04. The minimum Gasteiger partial charge on any atom is -0.457 e. The van der Waals surface area contributed by atoms with Crippen LogP contribution >= 0.6 is 35.4 Å². The summed E-state index contributed by atoms with van der Waals surface area (Å²) in [6.07, 6.45) is 2.90. The second-order valence-corrected chi connectivity index (χ2v) is 10.6. The number of thiocarbonyl (C=S) groups is 1. The van der Waals surface area contributed by atoms with Crippen molar-refractivity contribution in [3.05, 3.63) is 112 Å². The topological polar surface area (TPSA) is 77.8 Å². The molecule has 208 valence electrons. The number of hydrogen-bond donors (Lipinski definition) is 2. The van der Waals surface area contributed by atoms with Gasteiger partial charge in [0.15, 0.2) is 5.11 Å². The normalized spacial score (nSPS) is 13.3. The van der Waals surface area contributed by atoms with E-state index in [9.17, 15) is 9.59 Å². The van der Waals surface area contributed by atoms with E-state index in [1.807, 2.05) is 59.5 Å². The monoisotopic (exact) mass is 604 g/mol. The molecule has 1 aliphatic heterocycles. The Bertz CT molecular complexity index is 1580. The fourth-order valence-corrected chi connectivity index (χ4v) is 5.26. The number of amides is 2. The zero-order valence-corrected chi connectivity index (χ0v) is 24.2. The van der Waals surface area contributed by atoms with Gasteiger partial charge in [-0.25, -0.2) is 0 Å². The molecule has 0 aliphatic carbocycles. The number of hydrogen-bond acceptors (Lipinski definition) is 5. The minimum atomic E-state index is -0.406. The number of furan rings is 1. The SMILES string of the molecule is O=C(/C=C/c1ccc(-c2cc(Cl)cc(Cl)c2)o1)NC(=S)Nc1ccccc1N1CCN(C(=O)c2ccccc2)CC1. The number of carbonyl (C=O) groups excluding carboxylic acids is 2. The van der Waals surface area contributed by atoms with Crippen LogP contribution in [0.4, 0.5) is 11.4 Å². The molecule has 0 spiro atoms. The summed E-state index contributed by atoms with van der Waals surface area (Å²) in [5.74, 6) is 0.693. The van der Waals surface area contributed by atoms with Crippen molar-refractivity contribution in [1.82, 2.24) is 10.2 Å². The quantitative estimate of drug-likeness (QED) is 0.187. The molecule has 3 aromatic carbocycles. The van der Waals surface area contributed by atoms with Gasteiger partial charge in [-0.2, -0.15) is 0 Å². The minimum absolute atomic E-state index is 0.0354. The third-order valence-electron chi connectivity index (χ3n) is 6.49. The van der Waals surface area contributed by atoms with Gasteiger partial charge >= 0.3 is 0 Å². The summed E-state index contributed by atoms with van der Waals surface area (Å²) in [7, 11) is 0. The van der Waals surface area contributed by atoms with Gasteiger partial charge in [0.2, 0.25) is 5.91 Å². The molecule has 2 amide bonds. The van der Waals surface area contributed by atoms with Gasteiger partial charge in [-0.15, -0.1) is 0 Å². The number of rotatable bonds is 6. The predicted octanol–water partition coefficient (Wildman–Crippen LogP) is 6.74. The molecular weight excluding hydrogens is 579 g/mol. The van der Waals surface area contributed by atoms with E-state index < -0.39 is 5.91 Å². The first-order valence-corrected chi connectivity index (χ1v) is 14.1. The third-order valence-corrected chi connectivity index (χ3v) is 7.13. The number of nitrogens with one attached hydrogen (secondary N) is 2. The summed E-state index contributed by atoms with van der Waals surface area (Å²) >= 11 is 17.6. The fraction of sp³-hybridized carbons (Fsp3) is 0.129. The van der Waals surface area contributed by atoms with Gasteiger partial charge in [-0.05, 0) is 72.9 Å². The van der Waals surface area contributed by atoms with Crippen LogP contribution < -0.4 is 15.5 Å². The molecule has 5 rings (SSSR count). The average molecular weight is 606 g/mol. The van der Waals surface area contributed by atoms with Crippen LogP contribution in [-0.4, -0.2) is 48.0 Å². The van der Waals surface area contributed by atoms with Gasteiger partial charge in [-0.1, -0.05) is 53.5 Å². The Hall–Kier alpha value is -4.11. The lowest BCUT2D eigenvalue weighted by molar-refractivity contribution is -0.115. The van der Waals surface area contributed by atoms with E-state index in [-0.39, 0.29) is 11.0 Å². The number of anilines is 2. The van der Waals surface area contributed by atoms with E-state index >= 15 is 0 Å². The lowest BCUT2D eigenvalue weighted by Gasteiger charge is -2.37. The molecule has 1 aromatic heterocycles. The van der Waals surface area contributed by atoms with Crippen molar-refractivity contribution in [2.75, 3.05) is 36.4 Å². The Labute approximate surface area is 253 Å². The van der Waals surface area contributed by atoms with Crippen LogP contribution in [0.25, 0.3) is 17.4 Å². The van der Waals surface area contributed by atoms with Crippen LogP contribution in [0.1, 0.15) is 16.1 Å². The highest BCUT2D eigenvalue weighted by Crippen LogP contribution is 2.29. The molecule has 41 heavy (non-hydrogen) atoms. The highest BCUT2D eigenvalue weighted by Gasteiger charge is 2.23. The largest absolute Gasteiger partial charge is 0.457 e. The molecule has 7 nitrogen and oxygen atoms in total. The van der Waals surface area contributed by atoms with Crippen molar-refractivity contribution in [2.24, 2.45) is 0 Å². The van der Waals surface area contributed by atoms with Gasteiger partial charge in [0.1, 0.15) is 11.5 Å². The van der Waals surface area contributed by atoms with Crippen LogP contribution in [0.5, 0.6) is 0 Å². The van der Waals surface area contributed by atoms with Crippen LogP contribution in [0.3, 0.4) is 0 Å². The van der Waals surface area contributed by atoms with Crippen molar-refractivity contribution in [3.63, 3.8) is 0 Å². The summed E-state index contributed by atoms with van der Waals surface area (Å²) in [4.78, 5) is 29.4. The van der Waals surface area contributed by atoms with Crippen LogP contribution in [0.2, 0.25) is 10.0 Å². The van der Waals surface area contributed by atoms with Crippen molar-refractivity contribution in [2.45, 2.75) is 0 Å². The third kappa shape index (κ3) is 7.35. The number of carbonyl (C=O) groups is 2. The molecule has 2 N–H and O–H groups in total. The summed E-state index contributed by atoms with van der Waals surface area (Å²) in [5.41, 5.74) is 3.13. The van der Waals surface area contributed by atoms with Gasteiger partial charge in [-0.3, -0.25) is 14.9 Å². The second kappa shape index (κ2) is 13.0. The molecule has 10 heteroatoms. The molecule has 4 aromatic rings. The zero-order valence-electron chi connectivity index (χ0n) is 21.8. The first-order chi connectivity index (χ1) is 19.9. The van der Waals surface area contributed by atoms with Gasteiger partial charge in [0.25, 0.3) is 5.91 Å². The Morgan fingerprint density at radius 3 is 2.27 bits per heavy atom. The van der Waals surface area contributed by atoms with Crippen LogP contribution in [0.15, 0.2) is 95.4 Å². The molecule has 0 atom stereocenters. The maximum Gasteiger partial charge on any atom is 0.253 e. The lowest BCUT2D eigenvalue weighted by atomic mass is 10.1. The fourth-order valence-electron chi connectivity index (χ4n) is 4.53. The average Bonchev–Trinajstić information content (AvgIpc) is 3.45. The highest BCUT2D eigenvalue weighted by atomic mass is 35.5. The van der Waals surface area contributed by atoms with Crippen molar-refractivity contribution in [3.8, 4) is 11.3 Å². The molecule has 0 bridgehead atoms. The molecule has 0 unspecified atom stereocenters. The summed E-state index contributed by atoms with van der Waals surface area (Å²) in [6.45, 7) is 2.55. The van der Waals surface area contributed by atoms with E-state index in [4.69, 9.17) is 39.8 Å². The second-order valence-electron chi connectivity index (χ2n) is 9.30. The van der Waals surface area contributed by atoms with E-state index in [0.29, 0.717) is 53.3 Å². The van der Waals surface area contributed by atoms with E-state index in [0.717, 1.165) is 16.9 Å². The Morgan fingerprint density at radius 2 is 1.54 bits per heavy atom. The van der Waals surface area contributed by atoms with E-state index in [1.165, 1.54) is 6.08 Å². The maximum atomic E-state index is 12.8. The first-order valence-electron chi connectivity index (χ1n) is 12.9. The first kappa shape index (κ1) is 28.4. The molecule has 0 saturated carbocycles. The van der Waals surface area contributed by atoms with Crippen LogP contribution in [-0.2, 0) is 4.79 Å².